The molecule has 0 fully saturated rings. The van der Waals surface area contributed by atoms with E-state index in [0.29, 0.717) is 18.2 Å². The second kappa shape index (κ2) is 7.70. The molecule has 1 aromatic heterocycles. The molecule has 0 bridgehead atoms. The highest BCUT2D eigenvalue weighted by molar-refractivity contribution is 6.30. The molecule has 0 aliphatic rings. The number of carbonyl (C=O) groups is 2. The molecule has 0 aromatic carbocycles. The maximum absolute atomic E-state index is 12.0. The number of amides is 2. The van der Waals surface area contributed by atoms with Gasteiger partial charge in [-0.3, -0.25) is 14.6 Å². The van der Waals surface area contributed by atoms with Crippen LogP contribution in [0.25, 0.3) is 0 Å². The molecule has 2 amide bonds. The van der Waals surface area contributed by atoms with Gasteiger partial charge >= 0.3 is 0 Å². The molecule has 0 aliphatic carbocycles. The van der Waals surface area contributed by atoms with Gasteiger partial charge in [0.05, 0.1) is 13.2 Å². The Hall–Kier alpha value is -1.66. The Bertz CT molecular complexity index is 454. The molecule has 19 heavy (non-hydrogen) atoms. The van der Waals surface area contributed by atoms with Crippen molar-refractivity contribution in [3.05, 3.63) is 29.0 Å². The van der Waals surface area contributed by atoms with Crippen molar-refractivity contribution >= 4 is 23.4 Å². The summed E-state index contributed by atoms with van der Waals surface area (Å²) in [4.78, 5) is 28.7. The van der Waals surface area contributed by atoms with E-state index in [-0.39, 0.29) is 24.1 Å². The molecule has 0 unspecified atom stereocenters. The van der Waals surface area contributed by atoms with Crippen LogP contribution in [0, 0.1) is 0 Å². The van der Waals surface area contributed by atoms with Crippen molar-refractivity contribution in [2.75, 3.05) is 33.9 Å². The fraction of sp³-hybridized carbons (Fsp3) is 0.417. The van der Waals surface area contributed by atoms with Crippen LogP contribution in [-0.4, -0.2) is 55.6 Å². The van der Waals surface area contributed by atoms with Crippen molar-refractivity contribution in [3.8, 4) is 0 Å². The molecule has 0 radical (unpaired) electrons. The quantitative estimate of drug-likeness (QED) is 0.776. The number of carbonyl (C=O) groups excluding carboxylic acids is 2. The van der Waals surface area contributed by atoms with Crippen LogP contribution >= 0.6 is 11.6 Å². The number of aromatic nitrogens is 1. The standard InChI is InChI=1S/C12H16ClN3O3/c1-16(8-11(17)15-5-6-19-2)12(18)10-7-9(13)3-4-14-10/h3-4,7H,5-6,8H2,1-2H3,(H,15,17). The number of likely N-dealkylation sites (N-methyl/N-ethyl adjacent to an activating group) is 1. The Kier molecular flexibility index (Phi) is 6.24. The predicted octanol–water partition coefficient (Wildman–Crippen LogP) is 0.570. The highest BCUT2D eigenvalue weighted by Crippen LogP contribution is 2.09. The molecule has 1 heterocycles. The lowest BCUT2D eigenvalue weighted by molar-refractivity contribution is -0.121. The Labute approximate surface area is 116 Å². The minimum atomic E-state index is -0.357. The molecule has 104 valence electrons. The minimum absolute atomic E-state index is 0.0449. The average Bonchev–Trinajstić information content (AvgIpc) is 2.38. The van der Waals surface area contributed by atoms with Gasteiger partial charge in [-0.25, -0.2) is 0 Å². The van der Waals surface area contributed by atoms with Crippen LogP contribution < -0.4 is 5.32 Å². The van der Waals surface area contributed by atoms with Crippen LogP contribution in [-0.2, 0) is 9.53 Å². The number of nitrogens with zero attached hydrogens (tertiary/aromatic N) is 2. The van der Waals surface area contributed by atoms with Crippen LogP contribution in [0.3, 0.4) is 0 Å². The second-order valence-corrected chi connectivity index (χ2v) is 4.30. The van der Waals surface area contributed by atoms with E-state index >= 15 is 0 Å². The molecule has 0 saturated heterocycles. The fourth-order valence-corrected chi connectivity index (χ4v) is 1.51. The number of rotatable bonds is 6. The van der Waals surface area contributed by atoms with Crippen LogP contribution in [0.5, 0.6) is 0 Å². The Balaban J connectivity index is 2.51. The molecule has 0 atom stereocenters. The molecule has 6 nitrogen and oxygen atoms in total. The van der Waals surface area contributed by atoms with E-state index in [9.17, 15) is 9.59 Å². The summed E-state index contributed by atoms with van der Waals surface area (Å²) >= 11 is 5.78. The van der Waals surface area contributed by atoms with Gasteiger partial charge in [0.15, 0.2) is 0 Å². The number of nitrogens with one attached hydrogen (secondary N) is 1. The first-order valence-electron chi connectivity index (χ1n) is 5.67. The zero-order valence-electron chi connectivity index (χ0n) is 10.9. The van der Waals surface area contributed by atoms with Crippen molar-refractivity contribution in [1.29, 1.82) is 0 Å². The van der Waals surface area contributed by atoms with Gasteiger partial charge in [0, 0.05) is 31.9 Å². The molecule has 1 aromatic rings. The summed E-state index contributed by atoms with van der Waals surface area (Å²) in [5.41, 5.74) is 0.208. The van der Waals surface area contributed by atoms with E-state index in [4.69, 9.17) is 16.3 Å². The lowest BCUT2D eigenvalue weighted by atomic mass is 10.3. The third-order valence-electron chi connectivity index (χ3n) is 2.30. The molecule has 1 rings (SSSR count). The summed E-state index contributed by atoms with van der Waals surface area (Å²) in [7, 11) is 3.08. The van der Waals surface area contributed by atoms with Gasteiger partial charge < -0.3 is 15.0 Å². The number of methoxy groups -OCH3 is 1. The molecular formula is C12H16ClN3O3. The normalized spacial score (nSPS) is 10.1. The van der Waals surface area contributed by atoms with Gasteiger partial charge in [-0.2, -0.15) is 0 Å². The van der Waals surface area contributed by atoms with Crippen LogP contribution in [0.2, 0.25) is 5.02 Å². The maximum atomic E-state index is 12.0. The van der Waals surface area contributed by atoms with Gasteiger partial charge in [0.25, 0.3) is 5.91 Å². The van der Waals surface area contributed by atoms with Crippen LogP contribution in [0.4, 0.5) is 0 Å². The first-order valence-corrected chi connectivity index (χ1v) is 6.05. The number of halogens is 1. The van der Waals surface area contributed by atoms with Crippen molar-refractivity contribution in [2.45, 2.75) is 0 Å². The van der Waals surface area contributed by atoms with Crippen molar-refractivity contribution < 1.29 is 14.3 Å². The Morgan fingerprint density at radius 1 is 1.53 bits per heavy atom. The van der Waals surface area contributed by atoms with Gasteiger partial charge in [-0.15, -0.1) is 0 Å². The van der Waals surface area contributed by atoms with Crippen molar-refractivity contribution in [2.24, 2.45) is 0 Å². The zero-order valence-corrected chi connectivity index (χ0v) is 11.6. The summed E-state index contributed by atoms with van der Waals surface area (Å²) in [6.45, 7) is 0.794. The predicted molar refractivity (Wildman–Crippen MR) is 71.1 cm³/mol. The molecule has 7 heteroatoms. The average molecular weight is 286 g/mol. The van der Waals surface area contributed by atoms with Crippen molar-refractivity contribution in [1.82, 2.24) is 15.2 Å². The Morgan fingerprint density at radius 3 is 2.89 bits per heavy atom. The minimum Gasteiger partial charge on any atom is -0.383 e. The van der Waals surface area contributed by atoms with Crippen LogP contribution in [0.15, 0.2) is 18.3 Å². The summed E-state index contributed by atoms with van der Waals surface area (Å²) in [6, 6.07) is 3.04. The molecule has 0 spiro atoms. The summed E-state index contributed by atoms with van der Waals surface area (Å²) < 4.78 is 4.81. The largest absolute Gasteiger partial charge is 0.383 e. The number of pyridine rings is 1. The SMILES string of the molecule is COCCNC(=O)CN(C)C(=O)c1cc(Cl)ccn1. The smallest absolute Gasteiger partial charge is 0.272 e. The summed E-state index contributed by atoms with van der Waals surface area (Å²) in [6.07, 6.45) is 1.45. The monoisotopic (exact) mass is 285 g/mol. The van der Waals surface area contributed by atoms with Crippen LogP contribution in [0.1, 0.15) is 10.5 Å². The first-order chi connectivity index (χ1) is 9.04. The van der Waals surface area contributed by atoms with E-state index in [1.54, 1.807) is 13.2 Å². The molecular weight excluding hydrogens is 270 g/mol. The van der Waals surface area contributed by atoms with Gasteiger partial charge in [-0.1, -0.05) is 11.6 Å². The number of hydrogen-bond acceptors (Lipinski definition) is 4. The van der Waals surface area contributed by atoms with Gasteiger partial charge in [0.2, 0.25) is 5.91 Å². The van der Waals surface area contributed by atoms with E-state index < -0.39 is 0 Å². The lowest BCUT2D eigenvalue weighted by Crippen LogP contribution is -2.39. The highest BCUT2D eigenvalue weighted by atomic mass is 35.5. The highest BCUT2D eigenvalue weighted by Gasteiger charge is 2.16. The summed E-state index contributed by atoms with van der Waals surface area (Å²) in [5, 5.41) is 3.06. The van der Waals surface area contributed by atoms with E-state index in [0.717, 1.165) is 0 Å². The second-order valence-electron chi connectivity index (χ2n) is 3.86. The van der Waals surface area contributed by atoms with E-state index in [2.05, 4.69) is 10.3 Å². The zero-order chi connectivity index (χ0) is 14.3. The summed E-state index contributed by atoms with van der Waals surface area (Å²) in [5.74, 6) is -0.612. The first kappa shape index (κ1) is 15.4. The third kappa shape index (κ3) is 5.23. The number of ether oxygens (including phenoxy) is 1. The third-order valence-corrected chi connectivity index (χ3v) is 2.53. The number of hydrogen-bond donors (Lipinski definition) is 1. The van der Waals surface area contributed by atoms with Gasteiger partial charge in [0.1, 0.15) is 5.69 Å². The van der Waals surface area contributed by atoms with E-state index in [1.807, 2.05) is 0 Å². The van der Waals surface area contributed by atoms with Crippen molar-refractivity contribution in [3.63, 3.8) is 0 Å². The topological polar surface area (TPSA) is 71.5 Å². The van der Waals surface area contributed by atoms with E-state index in [1.165, 1.54) is 24.2 Å². The maximum Gasteiger partial charge on any atom is 0.272 e. The fourth-order valence-electron chi connectivity index (χ4n) is 1.35. The molecule has 0 aliphatic heterocycles. The van der Waals surface area contributed by atoms with Gasteiger partial charge in [-0.05, 0) is 12.1 Å². The molecule has 0 saturated carbocycles. The molecule has 1 N–H and O–H groups in total. The Morgan fingerprint density at radius 2 is 2.26 bits per heavy atom. The lowest BCUT2D eigenvalue weighted by Gasteiger charge is -2.16.